The number of rotatable bonds is 9. The standard InChI is InChI=1S/C30H29F5N2O4S/c1-16(36(2)42-28-26(34)24(32)23(31)25(33)27(28)35)29(39)37(20-12-13-21(30(40)41)22(38)14-20)15-17-8-10-19(11-9-17)18-6-4-3-5-7-18/h8-14,16,18,38H,3-7,15H2,1-2H3,(H,40,41). The molecule has 0 saturated heterocycles. The molecule has 0 bridgehead atoms. The van der Waals surface area contributed by atoms with Crippen LogP contribution in [0.1, 0.15) is 66.4 Å². The molecule has 1 amide bonds. The molecule has 1 aliphatic rings. The summed E-state index contributed by atoms with van der Waals surface area (Å²) in [5.74, 6) is -12.7. The Labute approximate surface area is 243 Å². The molecule has 1 fully saturated rings. The van der Waals surface area contributed by atoms with E-state index in [9.17, 15) is 41.8 Å². The minimum absolute atomic E-state index is 0.0129. The number of carbonyl (C=O) groups is 2. The number of phenols is 1. The van der Waals surface area contributed by atoms with Gasteiger partial charge < -0.3 is 15.1 Å². The third kappa shape index (κ3) is 6.54. The van der Waals surface area contributed by atoms with Crippen LogP contribution in [-0.4, -0.2) is 39.5 Å². The molecular weight excluding hydrogens is 579 g/mol. The SMILES string of the molecule is CC(C(=O)N(Cc1ccc(C2CCCCC2)cc1)c1ccc(C(=O)O)c(O)c1)N(C)Sc1c(F)c(F)c(F)c(F)c1F. The Morgan fingerprint density at radius 3 is 2.02 bits per heavy atom. The van der Waals surface area contributed by atoms with Gasteiger partial charge in [0.05, 0.1) is 12.6 Å². The van der Waals surface area contributed by atoms with Crippen LogP contribution >= 0.6 is 11.9 Å². The minimum atomic E-state index is -2.29. The van der Waals surface area contributed by atoms with Crippen molar-refractivity contribution >= 4 is 29.5 Å². The topological polar surface area (TPSA) is 81.1 Å². The van der Waals surface area contributed by atoms with Crippen LogP contribution in [0.25, 0.3) is 0 Å². The van der Waals surface area contributed by atoms with E-state index in [-0.39, 0.29) is 29.7 Å². The van der Waals surface area contributed by atoms with Crippen LogP contribution in [0.3, 0.4) is 0 Å². The van der Waals surface area contributed by atoms with E-state index in [1.165, 1.54) is 49.8 Å². The van der Waals surface area contributed by atoms with Crippen LogP contribution in [0.15, 0.2) is 47.4 Å². The number of halogens is 5. The van der Waals surface area contributed by atoms with Crippen molar-refractivity contribution < 1.29 is 41.8 Å². The molecule has 6 nitrogen and oxygen atoms in total. The quantitative estimate of drug-likeness (QED) is 0.114. The maximum atomic E-state index is 14.3. The molecule has 42 heavy (non-hydrogen) atoms. The molecule has 2 N–H and O–H groups in total. The number of nitrogens with zero attached hydrogens (tertiary/aromatic N) is 2. The third-order valence-corrected chi connectivity index (χ3v) is 8.64. The van der Waals surface area contributed by atoms with Crippen molar-refractivity contribution in [1.29, 1.82) is 0 Å². The van der Waals surface area contributed by atoms with Crippen molar-refractivity contribution in [2.24, 2.45) is 0 Å². The van der Waals surface area contributed by atoms with E-state index in [0.29, 0.717) is 11.5 Å². The second-order valence-electron chi connectivity index (χ2n) is 10.2. The van der Waals surface area contributed by atoms with Gasteiger partial charge in [-0.15, -0.1) is 0 Å². The van der Waals surface area contributed by atoms with E-state index < -0.39 is 57.6 Å². The summed E-state index contributed by atoms with van der Waals surface area (Å²) in [6, 6.07) is 10.1. The van der Waals surface area contributed by atoms with Gasteiger partial charge in [0.15, 0.2) is 23.3 Å². The predicted octanol–water partition coefficient (Wildman–Crippen LogP) is 7.39. The van der Waals surface area contributed by atoms with Crippen molar-refractivity contribution in [3.8, 4) is 5.75 Å². The monoisotopic (exact) mass is 608 g/mol. The third-order valence-electron chi connectivity index (χ3n) is 7.49. The lowest BCUT2D eigenvalue weighted by molar-refractivity contribution is -0.121. The summed E-state index contributed by atoms with van der Waals surface area (Å²) in [5, 5.41) is 19.6. The van der Waals surface area contributed by atoms with Gasteiger partial charge >= 0.3 is 5.97 Å². The first-order valence-electron chi connectivity index (χ1n) is 13.3. The molecule has 3 aromatic carbocycles. The van der Waals surface area contributed by atoms with Gasteiger partial charge in [0.1, 0.15) is 16.2 Å². The Morgan fingerprint density at radius 1 is 0.905 bits per heavy atom. The Hall–Kier alpha value is -3.64. The molecule has 0 aliphatic heterocycles. The number of benzene rings is 3. The molecule has 1 aliphatic carbocycles. The maximum absolute atomic E-state index is 14.3. The summed E-state index contributed by atoms with van der Waals surface area (Å²) in [6.45, 7) is 1.37. The fourth-order valence-corrected chi connectivity index (χ4v) is 5.82. The highest BCUT2D eigenvalue weighted by molar-refractivity contribution is 7.97. The highest BCUT2D eigenvalue weighted by Crippen LogP contribution is 2.35. The lowest BCUT2D eigenvalue weighted by atomic mass is 9.84. The highest BCUT2D eigenvalue weighted by atomic mass is 32.2. The molecule has 12 heteroatoms. The largest absolute Gasteiger partial charge is 0.507 e. The summed E-state index contributed by atoms with van der Waals surface area (Å²) in [6.07, 6.45) is 5.75. The zero-order chi connectivity index (χ0) is 30.7. The van der Waals surface area contributed by atoms with Crippen molar-refractivity contribution in [3.63, 3.8) is 0 Å². The smallest absolute Gasteiger partial charge is 0.339 e. The summed E-state index contributed by atoms with van der Waals surface area (Å²) in [7, 11) is 1.26. The predicted molar refractivity (Wildman–Crippen MR) is 148 cm³/mol. The number of amides is 1. The van der Waals surface area contributed by atoms with Gasteiger partial charge in [0.25, 0.3) is 0 Å². The first-order valence-corrected chi connectivity index (χ1v) is 14.1. The fraction of sp³-hybridized carbons (Fsp3) is 0.333. The van der Waals surface area contributed by atoms with Crippen LogP contribution in [-0.2, 0) is 11.3 Å². The average Bonchev–Trinajstić information content (AvgIpc) is 2.99. The molecular formula is C30H29F5N2O4S. The molecule has 1 saturated carbocycles. The number of carbonyl (C=O) groups excluding carboxylic acids is 1. The molecule has 0 spiro atoms. The van der Waals surface area contributed by atoms with Crippen LogP contribution < -0.4 is 4.90 Å². The number of hydrogen-bond acceptors (Lipinski definition) is 5. The zero-order valence-electron chi connectivity index (χ0n) is 22.8. The Morgan fingerprint density at radius 2 is 1.48 bits per heavy atom. The molecule has 1 atom stereocenters. The van der Waals surface area contributed by atoms with Gasteiger partial charge in [-0.2, -0.15) is 0 Å². The molecule has 0 radical (unpaired) electrons. The number of carboxylic acids is 1. The van der Waals surface area contributed by atoms with Crippen molar-refractivity contribution in [2.45, 2.75) is 62.4 Å². The Kier molecular flexibility index (Phi) is 9.78. The maximum Gasteiger partial charge on any atom is 0.339 e. The fourth-order valence-electron chi connectivity index (χ4n) is 4.95. The summed E-state index contributed by atoms with van der Waals surface area (Å²) < 4.78 is 70.7. The molecule has 3 aromatic rings. The zero-order valence-corrected chi connectivity index (χ0v) is 23.7. The van der Waals surface area contributed by atoms with Gasteiger partial charge in [-0.05, 0) is 67.9 Å². The van der Waals surface area contributed by atoms with E-state index in [0.717, 1.165) is 29.3 Å². The number of aromatic carboxylic acids is 1. The van der Waals surface area contributed by atoms with Crippen molar-refractivity contribution in [2.75, 3.05) is 11.9 Å². The number of hydrogen-bond donors (Lipinski definition) is 2. The summed E-state index contributed by atoms with van der Waals surface area (Å²) in [4.78, 5) is 25.2. The van der Waals surface area contributed by atoms with Crippen LogP contribution in [0.5, 0.6) is 5.75 Å². The first-order chi connectivity index (χ1) is 19.9. The Balaban J connectivity index is 1.63. The number of anilines is 1. The lowest BCUT2D eigenvalue weighted by Gasteiger charge is -2.30. The van der Waals surface area contributed by atoms with Crippen molar-refractivity contribution in [3.05, 3.63) is 88.2 Å². The lowest BCUT2D eigenvalue weighted by Crippen LogP contribution is -2.43. The highest BCUT2D eigenvalue weighted by Gasteiger charge is 2.31. The van der Waals surface area contributed by atoms with Crippen LogP contribution in [0, 0.1) is 29.1 Å². The number of likely N-dealkylation sites (N-methyl/N-ethyl adjacent to an activating group) is 1. The van der Waals surface area contributed by atoms with E-state index >= 15 is 0 Å². The van der Waals surface area contributed by atoms with Gasteiger partial charge in [-0.3, -0.25) is 4.79 Å². The molecule has 1 unspecified atom stereocenters. The van der Waals surface area contributed by atoms with Gasteiger partial charge in [-0.25, -0.2) is 31.1 Å². The second kappa shape index (κ2) is 13.1. The van der Waals surface area contributed by atoms with E-state index in [1.807, 2.05) is 24.3 Å². The molecule has 0 heterocycles. The first kappa shape index (κ1) is 31.3. The molecule has 4 rings (SSSR count). The van der Waals surface area contributed by atoms with Gasteiger partial charge in [0.2, 0.25) is 11.7 Å². The Bertz CT molecular complexity index is 1450. The van der Waals surface area contributed by atoms with Crippen LogP contribution in [0.2, 0.25) is 0 Å². The summed E-state index contributed by atoms with van der Waals surface area (Å²) >= 11 is 0.178. The van der Waals surface area contributed by atoms with Gasteiger partial charge in [-0.1, -0.05) is 43.5 Å². The number of aromatic hydroxyl groups is 1. The minimum Gasteiger partial charge on any atom is -0.507 e. The van der Waals surface area contributed by atoms with E-state index in [1.54, 1.807) is 0 Å². The van der Waals surface area contributed by atoms with Gasteiger partial charge in [0, 0.05) is 11.8 Å². The summed E-state index contributed by atoms with van der Waals surface area (Å²) in [5.41, 5.74) is 1.66. The number of carboxylic acid groups (broad SMARTS) is 1. The van der Waals surface area contributed by atoms with E-state index in [4.69, 9.17) is 0 Å². The molecule has 0 aromatic heterocycles. The molecule has 224 valence electrons. The van der Waals surface area contributed by atoms with Crippen LogP contribution in [0.4, 0.5) is 27.6 Å². The van der Waals surface area contributed by atoms with E-state index in [2.05, 4.69) is 0 Å². The van der Waals surface area contributed by atoms with Crippen molar-refractivity contribution in [1.82, 2.24) is 4.31 Å². The average molecular weight is 609 g/mol. The normalized spacial score (nSPS) is 14.7. The second-order valence-corrected chi connectivity index (χ2v) is 11.4.